The summed E-state index contributed by atoms with van der Waals surface area (Å²) in [6.45, 7) is 3.69. The molecule has 0 fully saturated rings. The Labute approximate surface area is 150 Å². The second-order valence-electron chi connectivity index (χ2n) is 5.71. The van der Waals surface area contributed by atoms with E-state index >= 15 is 0 Å². The molecule has 5 nitrogen and oxygen atoms in total. The number of aryl methyl sites for hydroxylation is 1. The number of carbonyl (C=O) groups is 1. The average molecular weight is 357 g/mol. The van der Waals surface area contributed by atoms with Crippen LogP contribution in [0, 0.1) is 6.92 Å². The van der Waals surface area contributed by atoms with Crippen molar-refractivity contribution in [3.8, 4) is 11.5 Å². The monoisotopic (exact) mass is 356 g/mol. The van der Waals surface area contributed by atoms with Gasteiger partial charge in [0.25, 0.3) is 5.89 Å². The Morgan fingerprint density at radius 2 is 1.88 bits per heavy atom. The van der Waals surface area contributed by atoms with Crippen LogP contribution in [0.15, 0.2) is 52.9 Å². The molecule has 0 aliphatic carbocycles. The lowest BCUT2D eigenvalue weighted by Crippen LogP contribution is -2.12. The molecule has 0 radical (unpaired) electrons. The smallest absolute Gasteiger partial charge is 0.311 e. The van der Waals surface area contributed by atoms with Crippen LogP contribution in [0.4, 0.5) is 0 Å². The fourth-order valence-electron chi connectivity index (χ4n) is 2.30. The van der Waals surface area contributed by atoms with Crippen LogP contribution in [0.25, 0.3) is 11.5 Å². The first-order valence-corrected chi connectivity index (χ1v) is 8.24. The van der Waals surface area contributed by atoms with Gasteiger partial charge in [0.1, 0.15) is 0 Å². The van der Waals surface area contributed by atoms with Crippen molar-refractivity contribution in [2.24, 2.45) is 0 Å². The molecule has 0 saturated carbocycles. The van der Waals surface area contributed by atoms with E-state index in [4.69, 9.17) is 20.8 Å². The van der Waals surface area contributed by atoms with Gasteiger partial charge in [-0.2, -0.15) is 0 Å². The minimum atomic E-state index is -0.637. The molecule has 1 heterocycles. The standard InChI is InChI=1S/C19H17ClN2O3/c1-12-7-9-14(10-8-12)19-22-21-18(25-19)13(2)24-17(23)11-15-5-3-4-6-16(15)20/h3-10,13H,11H2,1-2H3/t13-/m1/s1. The van der Waals surface area contributed by atoms with Crippen LogP contribution in [0.1, 0.15) is 30.0 Å². The van der Waals surface area contributed by atoms with E-state index in [-0.39, 0.29) is 12.3 Å². The highest BCUT2D eigenvalue weighted by Crippen LogP contribution is 2.23. The van der Waals surface area contributed by atoms with Crippen LogP contribution in [0.5, 0.6) is 0 Å². The molecule has 0 N–H and O–H groups in total. The van der Waals surface area contributed by atoms with Gasteiger partial charge in [-0.1, -0.05) is 47.5 Å². The number of esters is 1. The third-order valence-electron chi connectivity index (χ3n) is 3.69. The van der Waals surface area contributed by atoms with Crippen molar-refractivity contribution in [3.63, 3.8) is 0 Å². The van der Waals surface area contributed by atoms with Gasteiger partial charge in [-0.25, -0.2) is 0 Å². The van der Waals surface area contributed by atoms with Crippen LogP contribution in [0.2, 0.25) is 5.02 Å². The number of hydrogen-bond donors (Lipinski definition) is 0. The topological polar surface area (TPSA) is 65.2 Å². The van der Waals surface area contributed by atoms with Crippen LogP contribution >= 0.6 is 11.6 Å². The van der Waals surface area contributed by atoms with Gasteiger partial charge in [-0.05, 0) is 37.6 Å². The normalized spacial score (nSPS) is 12.0. The fraction of sp³-hybridized carbons (Fsp3) is 0.211. The lowest BCUT2D eigenvalue weighted by atomic mass is 10.1. The Morgan fingerprint density at radius 3 is 2.60 bits per heavy atom. The molecule has 0 aliphatic heterocycles. The number of aromatic nitrogens is 2. The quantitative estimate of drug-likeness (QED) is 0.627. The molecule has 25 heavy (non-hydrogen) atoms. The van der Waals surface area contributed by atoms with Gasteiger partial charge in [-0.3, -0.25) is 4.79 Å². The predicted molar refractivity (Wildman–Crippen MR) is 94.1 cm³/mol. The van der Waals surface area contributed by atoms with Crippen LogP contribution in [-0.2, 0) is 16.0 Å². The van der Waals surface area contributed by atoms with Crippen molar-refractivity contribution in [2.75, 3.05) is 0 Å². The summed E-state index contributed by atoms with van der Waals surface area (Å²) in [6, 6.07) is 14.9. The third kappa shape index (κ3) is 4.25. The molecule has 0 aliphatic rings. The largest absolute Gasteiger partial charge is 0.452 e. The minimum Gasteiger partial charge on any atom is -0.452 e. The number of halogens is 1. The van der Waals surface area contributed by atoms with Crippen molar-refractivity contribution < 1.29 is 13.9 Å². The maximum absolute atomic E-state index is 12.1. The summed E-state index contributed by atoms with van der Waals surface area (Å²) in [5, 5.41) is 8.52. The van der Waals surface area contributed by atoms with Gasteiger partial charge in [0, 0.05) is 10.6 Å². The molecule has 1 atom stereocenters. The number of carbonyl (C=O) groups excluding carboxylic acids is 1. The van der Waals surface area contributed by atoms with Crippen molar-refractivity contribution >= 4 is 17.6 Å². The molecular weight excluding hydrogens is 340 g/mol. The first-order valence-electron chi connectivity index (χ1n) is 7.86. The molecule has 128 valence electrons. The van der Waals surface area contributed by atoms with E-state index in [0.717, 1.165) is 11.1 Å². The Kier molecular flexibility index (Phi) is 5.14. The second kappa shape index (κ2) is 7.49. The lowest BCUT2D eigenvalue weighted by Gasteiger charge is -2.10. The van der Waals surface area contributed by atoms with Crippen molar-refractivity contribution in [1.29, 1.82) is 0 Å². The van der Waals surface area contributed by atoms with Crippen molar-refractivity contribution in [1.82, 2.24) is 10.2 Å². The number of rotatable bonds is 5. The summed E-state index contributed by atoms with van der Waals surface area (Å²) >= 11 is 6.06. The van der Waals surface area contributed by atoms with Gasteiger partial charge < -0.3 is 9.15 Å². The molecule has 1 aromatic heterocycles. The summed E-state index contributed by atoms with van der Waals surface area (Å²) in [5.41, 5.74) is 2.68. The molecule has 0 unspecified atom stereocenters. The first kappa shape index (κ1) is 17.2. The Balaban J connectivity index is 1.65. The summed E-state index contributed by atoms with van der Waals surface area (Å²) in [7, 11) is 0. The average Bonchev–Trinajstić information content (AvgIpc) is 3.08. The zero-order valence-corrected chi connectivity index (χ0v) is 14.7. The molecule has 6 heteroatoms. The zero-order valence-electron chi connectivity index (χ0n) is 13.9. The lowest BCUT2D eigenvalue weighted by molar-refractivity contribution is -0.148. The highest BCUT2D eigenvalue weighted by Gasteiger charge is 2.19. The maximum Gasteiger partial charge on any atom is 0.311 e. The number of ether oxygens (including phenoxy) is 1. The highest BCUT2D eigenvalue weighted by molar-refractivity contribution is 6.31. The van der Waals surface area contributed by atoms with Crippen LogP contribution < -0.4 is 0 Å². The summed E-state index contributed by atoms with van der Waals surface area (Å²) < 4.78 is 11.0. The van der Waals surface area contributed by atoms with Gasteiger partial charge in [0.05, 0.1) is 6.42 Å². The van der Waals surface area contributed by atoms with Crippen LogP contribution in [-0.4, -0.2) is 16.2 Å². The third-order valence-corrected chi connectivity index (χ3v) is 4.06. The number of nitrogens with zero attached hydrogens (tertiary/aromatic N) is 2. The zero-order chi connectivity index (χ0) is 17.8. The Hall–Kier alpha value is -2.66. The highest BCUT2D eigenvalue weighted by atomic mass is 35.5. The van der Waals surface area contributed by atoms with E-state index in [1.165, 1.54) is 0 Å². The van der Waals surface area contributed by atoms with Gasteiger partial charge in [-0.15, -0.1) is 10.2 Å². The summed E-state index contributed by atoms with van der Waals surface area (Å²) in [5.74, 6) is 0.239. The maximum atomic E-state index is 12.1. The molecule has 3 rings (SSSR count). The van der Waals surface area contributed by atoms with Gasteiger partial charge in [0.15, 0.2) is 6.10 Å². The molecule has 2 aromatic carbocycles. The molecule has 0 spiro atoms. The van der Waals surface area contributed by atoms with E-state index in [1.807, 2.05) is 43.3 Å². The molecular formula is C19H17ClN2O3. The van der Waals surface area contributed by atoms with Gasteiger partial charge >= 0.3 is 5.97 Å². The number of hydrogen-bond acceptors (Lipinski definition) is 5. The van der Waals surface area contributed by atoms with Crippen molar-refractivity contribution in [2.45, 2.75) is 26.4 Å². The fourth-order valence-corrected chi connectivity index (χ4v) is 2.50. The molecule has 3 aromatic rings. The Bertz CT molecular complexity index is 874. The summed E-state index contributed by atoms with van der Waals surface area (Å²) in [4.78, 5) is 12.1. The molecule has 0 bridgehead atoms. The van der Waals surface area contributed by atoms with E-state index in [0.29, 0.717) is 16.5 Å². The number of benzene rings is 2. The predicted octanol–water partition coefficient (Wildman–Crippen LogP) is 4.55. The summed E-state index contributed by atoms with van der Waals surface area (Å²) in [6.07, 6.45) is -0.551. The van der Waals surface area contributed by atoms with Crippen LogP contribution in [0.3, 0.4) is 0 Å². The van der Waals surface area contributed by atoms with E-state index in [9.17, 15) is 4.79 Å². The Morgan fingerprint density at radius 1 is 1.16 bits per heavy atom. The first-order chi connectivity index (χ1) is 12.0. The SMILES string of the molecule is Cc1ccc(-c2nnc([C@@H](C)OC(=O)Cc3ccccc3Cl)o2)cc1. The van der Waals surface area contributed by atoms with E-state index in [1.54, 1.807) is 19.1 Å². The second-order valence-corrected chi connectivity index (χ2v) is 6.12. The molecule has 0 saturated heterocycles. The van der Waals surface area contributed by atoms with E-state index in [2.05, 4.69) is 10.2 Å². The molecule has 0 amide bonds. The van der Waals surface area contributed by atoms with E-state index < -0.39 is 12.1 Å². The minimum absolute atomic E-state index is 0.0863. The van der Waals surface area contributed by atoms with Crippen molar-refractivity contribution in [3.05, 3.63) is 70.6 Å². The van der Waals surface area contributed by atoms with Gasteiger partial charge in [0.2, 0.25) is 5.89 Å².